The fraction of sp³-hybridized carbons (Fsp3) is 0.143. The summed E-state index contributed by atoms with van der Waals surface area (Å²) in [6, 6.07) is 9.15. The highest BCUT2D eigenvalue weighted by Crippen LogP contribution is 2.33. The molecule has 0 radical (unpaired) electrons. The molecule has 1 aromatic heterocycles. The van der Waals surface area contributed by atoms with E-state index in [-0.39, 0.29) is 18.4 Å². The molecule has 1 aromatic carbocycles. The van der Waals surface area contributed by atoms with Crippen molar-refractivity contribution >= 4 is 50.5 Å². The first kappa shape index (κ1) is 13.3. The van der Waals surface area contributed by atoms with Gasteiger partial charge in [-0.05, 0) is 46.6 Å². The molecule has 102 valence electrons. The van der Waals surface area contributed by atoms with E-state index >= 15 is 0 Å². The zero-order valence-corrected chi connectivity index (χ0v) is 13.0. The maximum Gasteiger partial charge on any atom is 0.268 e. The van der Waals surface area contributed by atoms with Crippen LogP contribution in [0.15, 0.2) is 34.1 Å². The van der Waals surface area contributed by atoms with Crippen LogP contribution in [0.5, 0.6) is 0 Å². The molecule has 1 aliphatic heterocycles. The van der Waals surface area contributed by atoms with Crippen molar-refractivity contribution < 1.29 is 9.59 Å². The van der Waals surface area contributed by atoms with E-state index in [1.807, 2.05) is 31.2 Å². The Balaban J connectivity index is 2.01. The van der Waals surface area contributed by atoms with Gasteiger partial charge in [0.2, 0.25) is 5.91 Å². The van der Waals surface area contributed by atoms with Crippen LogP contribution < -0.4 is 10.2 Å². The smallest absolute Gasteiger partial charge is 0.268 e. The molecule has 3 rings (SSSR count). The molecule has 0 fully saturated rings. The van der Waals surface area contributed by atoms with Crippen molar-refractivity contribution in [3.8, 4) is 0 Å². The molecule has 2 heterocycles. The molecule has 1 aliphatic rings. The summed E-state index contributed by atoms with van der Waals surface area (Å²) in [7, 11) is 0. The summed E-state index contributed by atoms with van der Waals surface area (Å²) >= 11 is 4.81. The van der Waals surface area contributed by atoms with Gasteiger partial charge in [-0.3, -0.25) is 14.5 Å². The van der Waals surface area contributed by atoms with E-state index in [1.54, 1.807) is 6.07 Å². The highest BCUT2D eigenvalue weighted by molar-refractivity contribution is 9.11. The quantitative estimate of drug-likeness (QED) is 0.856. The minimum atomic E-state index is -0.176. The number of benzene rings is 1. The number of hydrogen-bond donors (Lipinski definition) is 1. The Bertz CT molecular complexity index is 691. The monoisotopic (exact) mass is 350 g/mol. The Morgan fingerprint density at radius 2 is 2.15 bits per heavy atom. The molecule has 1 N–H and O–H groups in total. The van der Waals surface area contributed by atoms with Gasteiger partial charge in [0, 0.05) is 0 Å². The third-order valence-corrected chi connectivity index (χ3v) is 5.21. The van der Waals surface area contributed by atoms with Gasteiger partial charge in [-0.1, -0.05) is 12.1 Å². The number of para-hydroxylation sites is 2. The highest BCUT2D eigenvalue weighted by Gasteiger charge is 2.28. The van der Waals surface area contributed by atoms with Gasteiger partial charge in [0.05, 0.1) is 20.0 Å². The van der Waals surface area contributed by atoms with Gasteiger partial charge in [-0.15, -0.1) is 11.3 Å². The number of aryl methyl sites for hydroxylation is 1. The van der Waals surface area contributed by atoms with E-state index in [0.29, 0.717) is 10.6 Å². The second-order valence-corrected chi connectivity index (χ2v) is 6.89. The maximum atomic E-state index is 12.6. The van der Waals surface area contributed by atoms with E-state index in [9.17, 15) is 9.59 Å². The van der Waals surface area contributed by atoms with Crippen LogP contribution in [0.25, 0.3) is 0 Å². The largest absolute Gasteiger partial charge is 0.323 e. The van der Waals surface area contributed by atoms with Crippen LogP contribution in [0, 0.1) is 6.92 Å². The number of nitrogens with zero attached hydrogens (tertiary/aromatic N) is 1. The lowest BCUT2D eigenvalue weighted by atomic mass is 10.2. The van der Waals surface area contributed by atoms with Gasteiger partial charge in [0.15, 0.2) is 0 Å². The van der Waals surface area contributed by atoms with Crippen LogP contribution in [-0.4, -0.2) is 18.4 Å². The van der Waals surface area contributed by atoms with Crippen molar-refractivity contribution in [2.45, 2.75) is 6.92 Å². The lowest BCUT2D eigenvalue weighted by Crippen LogP contribution is -2.41. The zero-order chi connectivity index (χ0) is 14.3. The van der Waals surface area contributed by atoms with Crippen LogP contribution in [0.1, 0.15) is 15.2 Å². The van der Waals surface area contributed by atoms with Crippen LogP contribution in [0.4, 0.5) is 11.4 Å². The molecule has 0 saturated heterocycles. The van der Waals surface area contributed by atoms with E-state index in [0.717, 1.165) is 15.0 Å². The summed E-state index contributed by atoms with van der Waals surface area (Å²) in [5.74, 6) is -0.324. The SMILES string of the molecule is Cc1cc(C(=O)N2CC(=O)Nc3ccccc32)sc1Br. The number of anilines is 2. The predicted molar refractivity (Wildman–Crippen MR) is 83.5 cm³/mol. The molecule has 4 nitrogen and oxygen atoms in total. The van der Waals surface area contributed by atoms with E-state index < -0.39 is 0 Å². The minimum absolute atomic E-state index is 0.0460. The van der Waals surface area contributed by atoms with E-state index in [1.165, 1.54) is 16.2 Å². The third-order valence-electron chi connectivity index (χ3n) is 3.08. The van der Waals surface area contributed by atoms with Crippen molar-refractivity contribution in [2.75, 3.05) is 16.8 Å². The topological polar surface area (TPSA) is 49.4 Å². The Kier molecular flexibility index (Phi) is 3.35. The van der Waals surface area contributed by atoms with Crippen LogP contribution in [-0.2, 0) is 4.79 Å². The number of halogens is 1. The van der Waals surface area contributed by atoms with E-state index in [2.05, 4.69) is 21.2 Å². The normalized spacial score (nSPS) is 13.9. The molecule has 0 unspecified atom stereocenters. The van der Waals surface area contributed by atoms with Crippen LogP contribution >= 0.6 is 27.3 Å². The molecule has 0 saturated carbocycles. The molecule has 20 heavy (non-hydrogen) atoms. The predicted octanol–water partition coefficient (Wildman–Crippen LogP) is 3.42. The molecule has 2 amide bonds. The first-order valence-corrected chi connectivity index (χ1v) is 7.64. The molecule has 0 atom stereocenters. The number of nitrogens with one attached hydrogen (secondary N) is 1. The maximum absolute atomic E-state index is 12.6. The minimum Gasteiger partial charge on any atom is -0.323 e. The van der Waals surface area contributed by atoms with Crippen molar-refractivity contribution in [1.82, 2.24) is 0 Å². The molecule has 0 bridgehead atoms. The third kappa shape index (κ3) is 2.25. The van der Waals surface area contributed by atoms with Gasteiger partial charge in [0.25, 0.3) is 5.91 Å². The van der Waals surface area contributed by atoms with Crippen molar-refractivity contribution in [1.29, 1.82) is 0 Å². The number of carbonyl (C=O) groups is 2. The van der Waals surface area contributed by atoms with Gasteiger partial charge < -0.3 is 5.32 Å². The summed E-state index contributed by atoms with van der Waals surface area (Å²) < 4.78 is 0.940. The molecular weight excluding hydrogens is 340 g/mol. The van der Waals surface area contributed by atoms with E-state index in [4.69, 9.17) is 0 Å². The fourth-order valence-electron chi connectivity index (χ4n) is 2.11. The summed E-state index contributed by atoms with van der Waals surface area (Å²) in [6.07, 6.45) is 0. The molecule has 0 spiro atoms. The average Bonchev–Trinajstić information content (AvgIpc) is 2.77. The molecular formula is C14H11BrN2O2S. The van der Waals surface area contributed by atoms with Gasteiger partial charge in [-0.2, -0.15) is 0 Å². The fourth-order valence-corrected chi connectivity index (χ4v) is 3.60. The molecule has 2 aromatic rings. The van der Waals surface area contributed by atoms with Crippen molar-refractivity contribution in [2.24, 2.45) is 0 Å². The molecule has 6 heteroatoms. The van der Waals surface area contributed by atoms with Crippen LogP contribution in [0.2, 0.25) is 0 Å². The zero-order valence-electron chi connectivity index (χ0n) is 10.6. The number of amides is 2. The lowest BCUT2D eigenvalue weighted by molar-refractivity contribution is -0.115. The Labute approximate surface area is 128 Å². The Morgan fingerprint density at radius 3 is 2.85 bits per heavy atom. The Hall–Kier alpha value is -1.66. The standard InChI is InChI=1S/C14H11BrN2O2S/c1-8-6-11(20-13(8)15)14(19)17-7-12(18)16-9-4-2-3-5-10(9)17/h2-6H,7H2,1H3,(H,16,18). The number of rotatable bonds is 1. The first-order chi connectivity index (χ1) is 9.56. The average molecular weight is 351 g/mol. The second-order valence-electron chi connectivity index (χ2n) is 4.52. The lowest BCUT2D eigenvalue weighted by Gasteiger charge is -2.28. The number of fused-ring (bicyclic) bond motifs is 1. The Morgan fingerprint density at radius 1 is 1.40 bits per heavy atom. The molecule has 0 aliphatic carbocycles. The van der Waals surface area contributed by atoms with Crippen LogP contribution in [0.3, 0.4) is 0 Å². The van der Waals surface area contributed by atoms with Crippen molar-refractivity contribution in [3.05, 3.63) is 44.6 Å². The number of carbonyl (C=O) groups excluding carboxylic acids is 2. The van der Waals surface area contributed by atoms with Gasteiger partial charge in [-0.25, -0.2) is 0 Å². The summed E-state index contributed by atoms with van der Waals surface area (Å²) in [5, 5.41) is 2.77. The second kappa shape index (κ2) is 5.03. The van der Waals surface area contributed by atoms with Gasteiger partial charge >= 0.3 is 0 Å². The summed E-state index contributed by atoms with van der Waals surface area (Å²) in [5.41, 5.74) is 2.43. The van der Waals surface area contributed by atoms with Gasteiger partial charge in [0.1, 0.15) is 6.54 Å². The summed E-state index contributed by atoms with van der Waals surface area (Å²) in [6.45, 7) is 1.98. The van der Waals surface area contributed by atoms with Crippen molar-refractivity contribution in [3.63, 3.8) is 0 Å². The summed E-state index contributed by atoms with van der Waals surface area (Å²) in [4.78, 5) is 26.5. The first-order valence-electron chi connectivity index (χ1n) is 6.03. The number of hydrogen-bond acceptors (Lipinski definition) is 3. The number of thiophene rings is 1. The highest BCUT2D eigenvalue weighted by atomic mass is 79.9.